The SMILES string of the molecule is O=C(Nc1nc2ccccc2s1)c1ccc(Oc2ccnc3n[nH]c(CCC[C@@H]4CCCNC4)c23)cc1. The van der Waals surface area contributed by atoms with E-state index in [1.54, 1.807) is 30.5 Å². The van der Waals surface area contributed by atoms with Gasteiger partial charge in [-0.2, -0.15) is 5.10 Å². The standard InChI is InChI=1S/C28H28N6O2S/c35-27(32-28-31-21-7-1-2-9-24(21)37-28)19-10-12-20(13-11-19)36-23-14-16-30-26-25(23)22(33-34-26)8-3-5-18-6-4-15-29-17-18/h1-2,7,9-14,16,18,29H,3-6,8,15,17H2,(H,30,33,34)(H,31,32,35)/t18-/m1/s1. The van der Waals surface area contributed by atoms with E-state index >= 15 is 0 Å². The molecule has 9 heteroatoms. The zero-order valence-corrected chi connectivity index (χ0v) is 21.2. The number of fused-ring (bicyclic) bond motifs is 2. The van der Waals surface area contributed by atoms with Gasteiger partial charge in [0.25, 0.3) is 5.91 Å². The number of nitrogens with zero attached hydrogens (tertiary/aromatic N) is 3. The van der Waals surface area contributed by atoms with Crippen LogP contribution in [0.5, 0.6) is 11.5 Å². The molecule has 4 heterocycles. The summed E-state index contributed by atoms with van der Waals surface area (Å²) in [6.45, 7) is 2.26. The van der Waals surface area contributed by atoms with Gasteiger partial charge in [0.1, 0.15) is 11.5 Å². The van der Waals surface area contributed by atoms with Crippen molar-refractivity contribution in [2.75, 3.05) is 18.4 Å². The highest BCUT2D eigenvalue weighted by molar-refractivity contribution is 7.22. The van der Waals surface area contributed by atoms with Gasteiger partial charge in [0.05, 0.1) is 15.6 Å². The van der Waals surface area contributed by atoms with Gasteiger partial charge in [-0.1, -0.05) is 23.5 Å². The average molecular weight is 513 g/mol. The summed E-state index contributed by atoms with van der Waals surface area (Å²) in [6, 6.07) is 16.8. The molecule has 1 fully saturated rings. The number of aromatic nitrogens is 4. The van der Waals surface area contributed by atoms with E-state index in [1.165, 1.54) is 30.6 Å². The Morgan fingerprint density at radius 1 is 1.14 bits per heavy atom. The number of aryl methyl sites for hydroxylation is 1. The fraction of sp³-hybridized carbons (Fsp3) is 0.286. The van der Waals surface area contributed by atoms with Crippen molar-refractivity contribution in [3.63, 3.8) is 0 Å². The Bertz CT molecular complexity index is 1490. The minimum Gasteiger partial charge on any atom is -0.456 e. The molecule has 1 aliphatic heterocycles. The first kappa shape index (κ1) is 23.6. The molecule has 3 N–H and O–H groups in total. The number of piperidine rings is 1. The highest BCUT2D eigenvalue weighted by Crippen LogP contribution is 2.32. The number of ether oxygens (including phenoxy) is 1. The second-order valence-electron chi connectivity index (χ2n) is 9.38. The van der Waals surface area contributed by atoms with Crippen LogP contribution in [-0.4, -0.2) is 39.2 Å². The Balaban J connectivity index is 1.12. The third-order valence-electron chi connectivity index (χ3n) is 6.79. The monoisotopic (exact) mass is 512 g/mol. The van der Waals surface area contributed by atoms with Crippen molar-refractivity contribution < 1.29 is 9.53 Å². The lowest BCUT2D eigenvalue weighted by molar-refractivity contribution is 0.102. The number of carbonyl (C=O) groups is 1. The topological polar surface area (TPSA) is 105 Å². The Hall–Kier alpha value is -3.82. The fourth-order valence-electron chi connectivity index (χ4n) is 4.88. The molecule has 1 saturated heterocycles. The summed E-state index contributed by atoms with van der Waals surface area (Å²) in [6.07, 6.45) is 7.47. The van der Waals surface area contributed by atoms with Crippen molar-refractivity contribution >= 4 is 43.6 Å². The molecule has 1 amide bonds. The van der Waals surface area contributed by atoms with E-state index < -0.39 is 0 Å². The minimum atomic E-state index is -0.206. The van der Waals surface area contributed by atoms with Crippen molar-refractivity contribution in [1.82, 2.24) is 25.5 Å². The second kappa shape index (κ2) is 10.7. The Kier molecular flexibility index (Phi) is 6.79. The van der Waals surface area contributed by atoms with Gasteiger partial charge in [-0.05, 0) is 93.6 Å². The van der Waals surface area contributed by atoms with Gasteiger partial charge >= 0.3 is 0 Å². The lowest BCUT2D eigenvalue weighted by atomic mass is 9.93. The van der Waals surface area contributed by atoms with Crippen LogP contribution in [0.25, 0.3) is 21.3 Å². The van der Waals surface area contributed by atoms with Gasteiger partial charge in [-0.25, -0.2) is 9.97 Å². The number of amides is 1. The highest BCUT2D eigenvalue weighted by Gasteiger charge is 2.16. The van der Waals surface area contributed by atoms with Crippen LogP contribution in [0.15, 0.2) is 60.8 Å². The van der Waals surface area contributed by atoms with Crippen LogP contribution in [-0.2, 0) is 6.42 Å². The zero-order chi connectivity index (χ0) is 25.0. The summed E-state index contributed by atoms with van der Waals surface area (Å²) in [5, 5.41) is 15.4. The molecular formula is C28H28N6O2S. The number of para-hydroxylation sites is 1. The van der Waals surface area contributed by atoms with E-state index in [-0.39, 0.29) is 5.91 Å². The normalized spacial score (nSPS) is 15.7. The van der Waals surface area contributed by atoms with Crippen molar-refractivity contribution in [2.24, 2.45) is 5.92 Å². The summed E-state index contributed by atoms with van der Waals surface area (Å²) in [4.78, 5) is 21.6. The number of aromatic amines is 1. The van der Waals surface area contributed by atoms with Crippen LogP contribution in [0.3, 0.4) is 0 Å². The molecule has 1 atom stereocenters. The number of rotatable bonds is 8. The van der Waals surface area contributed by atoms with Crippen molar-refractivity contribution in [3.05, 3.63) is 72.1 Å². The van der Waals surface area contributed by atoms with E-state index in [4.69, 9.17) is 4.74 Å². The molecule has 0 radical (unpaired) electrons. The molecule has 0 bridgehead atoms. The fourth-order valence-corrected chi connectivity index (χ4v) is 5.74. The third-order valence-corrected chi connectivity index (χ3v) is 7.74. The summed E-state index contributed by atoms with van der Waals surface area (Å²) in [5.41, 5.74) is 3.11. The number of hydrogen-bond acceptors (Lipinski definition) is 7. The first-order valence-corrected chi connectivity index (χ1v) is 13.5. The van der Waals surface area contributed by atoms with E-state index in [0.29, 0.717) is 27.8 Å². The molecule has 37 heavy (non-hydrogen) atoms. The van der Waals surface area contributed by atoms with E-state index in [0.717, 1.165) is 53.1 Å². The third kappa shape index (κ3) is 5.33. The number of anilines is 1. The molecule has 0 spiro atoms. The van der Waals surface area contributed by atoms with Gasteiger partial charge < -0.3 is 10.1 Å². The van der Waals surface area contributed by atoms with Gasteiger partial charge in [0.15, 0.2) is 10.8 Å². The number of nitrogens with one attached hydrogen (secondary N) is 3. The van der Waals surface area contributed by atoms with Crippen molar-refractivity contribution in [1.29, 1.82) is 0 Å². The molecule has 8 nitrogen and oxygen atoms in total. The molecular weight excluding hydrogens is 484 g/mol. The number of thiazole rings is 1. The summed E-state index contributed by atoms with van der Waals surface area (Å²) < 4.78 is 7.26. The number of hydrogen-bond donors (Lipinski definition) is 3. The van der Waals surface area contributed by atoms with Crippen molar-refractivity contribution in [3.8, 4) is 11.5 Å². The molecule has 0 saturated carbocycles. The molecule has 0 aliphatic carbocycles. The lowest BCUT2D eigenvalue weighted by Crippen LogP contribution is -2.29. The van der Waals surface area contributed by atoms with Crippen LogP contribution in [0.4, 0.5) is 5.13 Å². The maximum absolute atomic E-state index is 12.8. The van der Waals surface area contributed by atoms with Crippen molar-refractivity contribution in [2.45, 2.75) is 32.1 Å². The zero-order valence-electron chi connectivity index (χ0n) is 20.4. The summed E-state index contributed by atoms with van der Waals surface area (Å²) >= 11 is 1.46. The Morgan fingerprint density at radius 2 is 2.03 bits per heavy atom. The molecule has 188 valence electrons. The molecule has 6 rings (SSSR count). The largest absolute Gasteiger partial charge is 0.456 e. The van der Waals surface area contributed by atoms with Crippen LogP contribution in [0.2, 0.25) is 0 Å². The first-order valence-electron chi connectivity index (χ1n) is 12.7. The predicted molar refractivity (Wildman–Crippen MR) is 147 cm³/mol. The maximum Gasteiger partial charge on any atom is 0.257 e. The number of benzene rings is 2. The van der Waals surface area contributed by atoms with E-state index in [1.807, 2.05) is 30.3 Å². The maximum atomic E-state index is 12.8. The number of carbonyl (C=O) groups excluding carboxylic acids is 1. The molecule has 0 unspecified atom stereocenters. The smallest absolute Gasteiger partial charge is 0.257 e. The Labute approximate surface area is 218 Å². The van der Waals surface area contributed by atoms with Gasteiger partial charge in [-0.15, -0.1) is 0 Å². The minimum absolute atomic E-state index is 0.206. The van der Waals surface area contributed by atoms with Gasteiger partial charge in [0.2, 0.25) is 0 Å². The molecule has 3 aromatic heterocycles. The highest BCUT2D eigenvalue weighted by atomic mass is 32.1. The van der Waals surface area contributed by atoms with Gasteiger partial charge in [-0.3, -0.25) is 15.2 Å². The van der Waals surface area contributed by atoms with Crippen LogP contribution < -0.4 is 15.4 Å². The van der Waals surface area contributed by atoms with Crippen LogP contribution in [0, 0.1) is 5.92 Å². The van der Waals surface area contributed by atoms with E-state index in [9.17, 15) is 4.79 Å². The van der Waals surface area contributed by atoms with E-state index in [2.05, 4.69) is 30.8 Å². The first-order chi connectivity index (χ1) is 18.2. The summed E-state index contributed by atoms with van der Waals surface area (Å²) in [5.74, 6) is 1.90. The molecule has 1 aliphatic rings. The Morgan fingerprint density at radius 3 is 2.86 bits per heavy atom. The van der Waals surface area contributed by atoms with Gasteiger partial charge in [0, 0.05) is 17.5 Å². The molecule has 5 aromatic rings. The summed E-state index contributed by atoms with van der Waals surface area (Å²) in [7, 11) is 0. The average Bonchev–Trinajstić information content (AvgIpc) is 3.54. The van der Waals surface area contributed by atoms with Crippen LogP contribution >= 0.6 is 11.3 Å². The second-order valence-corrected chi connectivity index (χ2v) is 10.4. The quantitative estimate of drug-likeness (QED) is 0.238. The van der Waals surface area contributed by atoms with Crippen LogP contribution in [0.1, 0.15) is 41.7 Å². The number of pyridine rings is 1. The predicted octanol–water partition coefficient (Wildman–Crippen LogP) is 5.93. The molecule has 2 aromatic carbocycles. The number of H-pyrrole nitrogens is 1. The lowest BCUT2D eigenvalue weighted by Gasteiger charge is -2.22.